The third-order valence-corrected chi connectivity index (χ3v) is 4.53. The second-order valence-electron chi connectivity index (χ2n) is 5.31. The molecule has 7 heteroatoms. The lowest BCUT2D eigenvalue weighted by Crippen LogP contribution is -2.44. The largest absolute Gasteiger partial charge is 0.490 e. The van der Waals surface area contributed by atoms with Crippen molar-refractivity contribution in [2.45, 2.75) is 33.7 Å². The molecule has 1 heterocycles. The van der Waals surface area contributed by atoms with Gasteiger partial charge in [-0.2, -0.15) is 0 Å². The zero-order valence-corrected chi connectivity index (χ0v) is 16.6. The molecule has 2 rings (SSSR count). The molecule has 0 saturated carbocycles. The van der Waals surface area contributed by atoms with Gasteiger partial charge in [0.05, 0.1) is 19.3 Å². The maximum atomic E-state index is 12.1. The molecule has 1 aliphatic rings. The summed E-state index contributed by atoms with van der Waals surface area (Å²) in [5, 5.41) is 6.67. The van der Waals surface area contributed by atoms with Crippen molar-refractivity contribution in [2.24, 2.45) is 0 Å². The summed E-state index contributed by atoms with van der Waals surface area (Å²) in [6.45, 7) is 8.30. The van der Waals surface area contributed by atoms with E-state index in [0.29, 0.717) is 35.4 Å². The maximum absolute atomic E-state index is 12.1. The van der Waals surface area contributed by atoms with Crippen LogP contribution in [0, 0.1) is 0 Å². The molecule has 0 bridgehead atoms. The van der Waals surface area contributed by atoms with Gasteiger partial charge in [-0.3, -0.25) is 4.79 Å². The standard InChI is InChI=1S/C17H21BrN2O3S/c1-5-22-13-7-11(12(18)8-14(13)23-6-2)16-15(10(4)21)9(3)19-17(24)20-16/h7-8,16H,5-6H2,1-4H3,(H2,19,20,24)/t16-/m0/s1. The quantitative estimate of drug-likeness (QED) is 0.695. The Bertz CT molecular complexity index is 703. The number of ketones is 1. The minimum atomic E-state index is -0.347. The van der Waals surface area contributed by atoms with Crippen LogP contribution in [-0.2, 0) is 4.79 Å². The SMILES string of the molecule is CCOc1cc(Br)c([C@@H]2NC(=S)NC(C)=C2C(C)=O)cc1OCC. The van der Waals surface area contributed by atoms with E-state index in [0.717, 1.165) is 15.7 Å². The molecule has 5 nitrogen and oxygen atoms in total. The van der Waals surface area contributed by atoms with Crippen LogP contribution in [0.15, 0.2) is 27.9 Å². The number of benzene rings is 1. The van der Waals surface area contributed by atoms with Crippen LogP contribution in [0.2, 0.25) is 0 Å². The highest BCUT2D eigenvalue weighted by Gasteiger charge is 2.30. The average Bonchev–Trinajstić information content (AvgIpc) is 2.49. The van der Waals surface area contributed by atoms with E-state index in [9.17, 15) is 4.79 Å². The molecule has 0 radical (unpaired) electrons. The molecule has 1 aliphatic heterocycles. The van der Waals surface area contributed by atoms with Gasteiger partial charge < -0.3 is 20.1 Å². The third-order valence-electron chi connectivity index (χ3n) is 3.62. The molecule has 1 atom stereocenters. The Morgan fingerprint density at radius 3 is 2.38 bits per heavy atom. The van der Waals surface area contributed by atoms with Gasteiger partial charge in [0.1, 0.15) is 0 Å². The molecule has 130 valence electrons. The van der Waals surface area contributed by atoms with E-state index < -0.39 is 0 Å². The lowest BCUT2D eigenvalue weighted by atomic mass is 9.93. The van der Waals surface area contributed by atoms with Crippen molar-refractivity contribution in [1.29, 1.82) is 0 Å². The molecular weight excluding hydrogens is 392 g/mol. The predicted molar refractivity (Wildman–Crippen MR) is 101 cm³/mol. The topological polar surface area (TPSA) is 59.6 Å². The molecule has 24 heavy (non-hydrogen) atoms. The fourth-order valence-electron chi connectivity index (χ4n) is 2.70. The van der Waals surface area contributed by atoms with Gasteiger partial charge in [0.2, 0.25) is 0 Å². The van der Waals surface area contributed by atoms with Crippen LogP contribution < -0.4 is 20.1 Å². The first-order valence-corrected chi connectivity index (χ1v) is 8.97. The van der Waals surface area contributed by atoms with Crippen LogP contribution in [0.5, 0.6) is 11.5 Å². The van der Waals surface area contributed by atoms with Crippen LogP contribution >= 0.6 is 28.1 Å². The van der Waals surface area contributed by atoms with E-state index in [2.05, 4.69) is 26.6 Å². The average molecular weight is 413 g/mol. The molecule has 0 amide bonds. The fraction of sp³-hybridized carbons (Fsp3) is 0.412. The molecule has 0 fully saturated rings. The Hall–Kier alpha value is -1.60. The van der Waals surface area contributed by atoms with Crippen molar-refractivity contribution in [1.82, 2.24) is 10.6 Å². The number of hydrogen-bond donors (Lipinski definition) is 2. The summed E-state index contributed by atoms with van der Waals surface area (Å²) in [6.07, 6.45) is 0. The third kappa shape index (κ3) is 3.89. The van der Waals surface area contributed by atoms with E-state index >= 15 is 0 Å². The minimum absolute atomic E-state index is 0.0151. The van der Waals surface area contributed by atoms with Gasteiger partial charge >= 0.3 is 0 Å². The first-order valence-electron chi connectivity index (χ1n) is 7.77. The second-order valence-corrected chi connectivity index (χ2v) is 6.58. The number of hydrogen-bond acceptors (Lipinski definition) is 4. The number of Topliss-reactive ketones (excluding diaryl/α,β-unsaturated/α-hetero) is 1. The minimum Gasteiger partial charge on any atom is -0.490 e. The monoisotopic (exact) mass is 412 g/mol. The number of allylic oxidation sites excluding steroid dienone is 1. The summed E-state index contributed by atoms with van der Waals surface area (Å²) in [7, 11) is 0. The summed E-state index contributed by atoms with van der Waals surface area (Å²) in [6, 6.07) is 3.41. The van der Waals surface area contributed by atoms with Gasteiger partial charge in [0.25, 0.3) is 0 Å². The van der Waals surface area contributed by atoms with Gasteiger partial charge in [-0.25, -0.2) is 0 Å². The number of nitrogens with one attached hydrogen (secondary N) is 2. The molecule has 1 aromatic carbocycles. The van der Waals surface area contributed by atoms with E-state index in [1.807, 2.05) is 32.9 Å². The smallest absolute Gasteiger partial charge is 0.171 e. The molecule has 0 spiro atoms. The summed E-state index contributed by atoms with van der Waals surface area (Å²) >= 11 is 8.84. The van der Waals surface area contributed by atoms with Crippen molar-refractivity contribution in [3.05, 3.63) is 33.4 Å². The number of ether oxygens (including phenoxy) is 2. The zero-order valence-electron chi connectivity index (χ0n) is 14.2. The Labute approximate surface area is 155 Å². The number of halogens is 1. The zero-order chi connectivity index (χ0) is 17.9. The van der Waals surface area contributed by atoms with Gasteiger partial charge in [-0.1, -0.05) is 15.9 Å². The van der Waals surface area contributed by atoms with Crippen LogP contribution in [0.25, 0.3) is 0 Å². The lowest BCUT2D eigenvalue weighted by Gasteiger charge is -2.31. The van der Waals surface area contributed by atoms with Gasteiger partial charge in [0.15, 0.2) is 22.4 Å². The number of thiocarbonyl (C=S) groups is 1. The number of carbonyl (C=O) groups excluding carboxylic acids is 1. The Kier molecular flexibility index (Phi) is 6.23. The van der Waals surface area contributed by atoms with Crippen LogP contribution in [-0.4, -0.2) is 24.1 Å². The number of carbonyl (C=O) groups is 1. The van der Waals surface area contributed by atoms with Crippen molar-refractivity contribution < 1.29 is 14.3 Å². The maximum Gasteiger partial charge on any atom is 0.171 e. The van der Waals surface area contributed by atoms with Crippen LogP contribution in [0.4, 0.5) is 0 Å². The molecule has 2 N–H and O–H groups in total. The summed E-state index contributed by atoms with van der Waals surface area (Å²) in [4.78, 5) is 12.1. The van der Waals surface area contributed by atoms with Crippen LogP contribution in [0.3, 0.4) is 0 Å². The molecular formula is C17H21BrN2O3S. The Morgan fingerprint density at radius 1 is 1.25 bits per heavy atom. The van der Waals surface area contributed by atoms with Crippen molar-refractivity contribution in [2.75, 3.05) is 13.2 Å². The highest BCUT2D eigenvalue weighted by atomic mass is 79.9. The first kappa shape index (κ1) is 18.7. The molecule has 0 saturated heterocycles. The molecule has 0 unspecified atom stereocenters. The van der Waals surface area contributed by atoms with Crippen molar-refractivity contribution in [3.63, 3.8) is 0 Å². The van der Waals surface area contributed by atoms with E-state index in [4.69, 9.17) is 21.7 Å². The van der Waals surface area contributed by atoms with Gasteiger partial charge in [-0.15, -0.1) is 0 Å². The summed E-state index contributed by atoms with van der Waals surface area (Å²) < 4.78 is 12.2. The van der Waals surface area contributed by atoms with Crippen molar-refractivity contribution >= 4 is 39.0 Å². The lowest BCUT2D eigenvalue weighted by molar-refractivity contribution is -0.114. The predicted octanol–water partition coefficient (Wildman–Crippen LogP) is 3.63. The molecule has 1 aromatic rings. The summed E-state index contributed by atoms with van der Waals surface area (Å²) in [5.74, 6) is 1.29. The molecule has 0 aliphatic carbocycles. The van der Waals surface area contributed by atoms with E-state index in [-0.39, 0.29) is 11.8 Å². The Morgan fingerprint density at radius 2 is 1.83 bits per heavy atom. The summed E-state index contributed by atoms with van der Waals surface area (Å²) in [5.41, 5.74) is 2.28. The van der Waals surface area contributed by atoms with E-state index in [1.165, 1.54) is 0 Å². The van der Waals surface area contributed by atoms with Crippen molar-refractivity contribution in [3.8, 4) is 11.5 Å². The first-order chi connectivity index (χ1) is 11.4. The fourth-order valence-corrected chi connectivity index (χ4v) is 3.52. The van der Waals surface area contributed by atoms with Gasteiger partial charge in [0, 0.05) is 15.7 Å². The highest BCUT2D eigenvalue weighted by Crippen LogP contribution is 2.39. The Balaban J connectivity index is 2.57. The molecule has 0 aromatic heterocycles. The highest BCUT2D eigenvalue weighted by molar-refractivity contribution is 9.10. The van der Waals surface area contributed by atoms with E-state index in [1.54, 1.807) is 6.92 Å². The second kappa shape index (κ2) is 7.98. The van der Waals surface area contributed by atoms with Crippen LogP contribution in [0.1, 0.15) is 39.3 Å². The normalized spacial score (nSPS) is 17.2. The number of rotatable bonds is 6. The van der Waals surface area contributed by atoms with Gasteiger partial charge in [-0.05, 0) is 57.6 Å².